The van der Waals surface area contributed by atoms with Gasteiger partial charge in [-0.2, -0.15) is 0 Å². The summed E-state index contributed by atoms with van der Waals surface area (Å²) in [5, 5.41) is 1.35. The van der Waals surface area contributed by atoms with Crippen molar-refractivity contribution < 1.29 is 0 Å². The van der Waals surface area contributed by atoms with Gasteiger partial charge < -0.3 is 4.98 Å². The van der Waals surface area contributed by atoms with Crippen molar-refractivity contribution >= 4 is 23.2 Å². The fourth-order valence-electron chi connectivity index (χ4n) is 2.94. The summed E-state index contributed by atoms with van der Waals surface area (Å²) in [4.78, 5) is 21.9. The molecule has 2 heterocycles. The molecular formula is C17H19Cl2N3O. The van der Waals surface area contributed by atoms with Crippen LogP contribution in [-0.4, -0.2) is 21.4 Å². The van der Waals surface area contributed by atoms with E-state index in [1.807, 2.05) is 18.2 Å². The maximum absolute atomic E-state index is 12.2. The molecule has 1 aromatic heterocycles. The number of halogens is 2. The first-order valence-electron chi connectivity index (χ1n) is 7.84. The Morgan fingerprint density at radius 3 is 2.74 bits per heavy atom. The highest BCUT2D eigenvalue weighted by molar-refractivity contribution is 6.35. The Balaban J connectivity index is 1.83. The van der Waals surface area contributed by atoms with Crippen molar-refractivity contribution in [1.82, 2.24) is 14.9 Å². The first kappa shape index (κ1) is 16.5. The number of H-pyrrole nitrogens is 1. The van der Waals surface area contributed by atoms with Crippen LogP contribution in [0.25, 0.3) is 0 Å². The van der Waals surface area contributed by atoms with E-state index in [0.717, 1.165) is 42.0 Å². The number of benzene rings is 1. The number of aryl methyl sites for hydroxylation is 1. The number of nitrogens with zero attached hydrogens (tertiary/aromatic N) is 2. The summed E-state index contributed by atoms with van der Waals surface area (Å²) in [6, 6.07) is 5.55. The first-order chi connectivity index (χ1) is 11.1. The number of nitrogens with one attached hydrogen (secondary N) is 1. The van der Waals surface area contributed by atoms with Gasteiger partial charge in [-0.1, -0.05) is 36.2 Å². The van der Waals surface area contributed by atoms with E-state index in [-0.39, 0.29) is 5.56 Å². The van der Waals surface area contributed by atoms with E-state index < -0.39 is 0 Å². The molecule has 2 aromatic rings. The molecule has 0 bridgehead atoms. The van der Waals surface area contributed by atoms with Gasteiger partial charge in [0.05, 0.1) is 5.69 Å². The maximum atomic E-state index is 12.2. The van der Waals surface area contributed by atoms with Crippen LogP contribution in [0.2, 0.25) is 10.0 Å². The summed E-state index contributed by atoms with van der Waals surface area (Å²) in [6.07, 6.45) is 2.45. The highest BCUT2D eigenvalue weighted by Crippen LogP contribution is 2.27. The van der Waals surface area contributed by atoms with Crippen LogP contribution in [0.15, 0.2) is 23.0 Å². The Morgan fingerprint density at radius 1 is 1.30 bits per heavy atom. The zero-order valence-corrected chi connectivity index (χ0v) is 14.5. The summed E-state index contributed by atoms with van der Waals surface area (Å²) in [6.45, 7) is 4.19. The number of hydrogen-bond donors (Lipinski definition) is 1. The smallest absolute Gasteiger partial charge is 0.254 e. The SMILES string of the molecule is CCCc1nc2c(c(=O)[nH]1)CCN(Cc1c(Cl)cccc1Cl)C2. The van der Waals surface area contributed by atoms with Gasteiger partial charge >= 0.3 is 0 Å². The fourth-order valence-corrected chi connectivity index (χ4v) is 3.46. The van der Waals surface area contributed by atoms with Gasteiger partial charge in [0, 0.05) is 47.2 Å². The number of hydrogen-bond acceptors (Lipinski definition) is 3. The van der Waals surface area contributed by atoms with E-state index in [0.29, 0.717) is 29.6 Å². The zero-order valence-electron chi connectivity index (χ0n) is 13.0. The third kappa shape index (κ3) is 3.60. The van der Waals surface area contributed by atoms with Crippen LogP contribution >= 0.6 is 23.2 Å². The molecule has 1 aliphatic rings. The Morgan fingerprint density at radius 2 is 2.04 bits per heavy atom. The molecule has 0 spiro atoms. The van der Waals surface area contributed by atoms with Crippen molar-refractivity contribution in [2.75, 3.05) is 6.54 Å². The molecule has 1 aromatic carbocycles. The molecule has 0 amide bonds. The molecule has 4 nitrogen and oxygen atoms in total. The van der Waals surface area contributed by atoms with Gasteiger partial charge in [-0.05, 0) is 25.0 Å². The topological polar surface area (TPSA) is 49.0 Å². The van der Waals surface area contributed by atoms with Crippen molar-refractivity contribution in [3.8, 4) is 0 Å². The summed E-state index contributed by atoms with van der Waals surface area (Å²) in [5.74, 6) is 0.772. The third-order valence-electron chi connectivity index (χ3n) is 4.13. The number of aromatic nitrogens is 2. The molecular weight excluding hydrogens is 333 g/mol. The molecule has 1 N–H and O–H groups in total. The van der Waals surface area contributed by atoms with Crippen molar-refractivity contribution in [2.45, 2.75) is 39.3 Å². The van der Waals surface area contributed by atoms with Crippen LogP contribution in [0.1, 0.15) is 36.0 Å². The van der Waals surface area contributed by atoms with Crippen LogP contribution < -0.4 is 5.56 Å². The Kier molecular flexibility index (Phi) is 5.05. The second-order valence-electron chi connectivity index (χ2n) is 5.85. The largest absolute Gasteiger partial charge is 0.310 e. The van der Waals surface area contributed by atoms with Crippen LogP contribution in [0, 0.1) is 0 Å². The molecule has 6 heteroatoms. The Hall–Kier alpha value is -1.36. The molecule has 0 unspecified atom stereocenters. The summed E-state index contributed by atoms with van der Waals surface area (Å²) in [7, 11) is 0. The monoisotopic (exact) mass is 351 g/mol. The molecule has 0 saturated heterocycles. The lowest BCUT2D eigenvalue weighted by Crippen LogP contribution is -2.35. The second-order valence-corrected chi connectivity index (χ2v) is 6.66. The highest BCUT2D eigenvalue weighted by atomic mass is 35.5. The molecule has 122 valence electrons. The number of rotatable bonds is 4. The predicted octanol–water partition coefficient (Wildman–Crippen LogP) is 3.59. The molecule has 23 heavy (non-hydrogen) atoms. The normalized spacial score (nSPS) is 14.7. The van der Waals surface area contributed by atoms with Crippen molar-refractivity contribution in [3.63, 3.8) is 0 Å². The van der Waals surface area contributed by atoms with E-state index in [4.69, 9.17) is 23.2 Å². The van der Waals surface area contributed by atoms with E-state index in [1.165, 1.54) is 0 Å². The standard InChI is InChI=1S/C17H19Cl2N3O/c1-2-4-16-20-15-10-22(8-7-11(15)17(23)21-16)9-12-13(18)5-3-6-14(12)19/h3,5-6H,2,4,7-10H2,1H3,(H,20,21,23). The first-order valence-corrected chi connectivity index (χ1v) is 8.60. The van der Waals surface area contributed by atoms with Gasteiger partial charge in [0.25, 0.3) is 5.56 Å². The highest BCUT2D eigenvalue weighted by Gasteiger charge is 2.22. The van der Waals surface area contributed by atoms with Crippen molar-refractivity contribution in [3.05, 3.63) is 61.2 Å². The van der Waals surface area contributed by atoms with Crippen LogP contribution in [-0.2, 0) is 25.9 Å². The fraction of sp³-hybridized carbons (Fsp3) is 0.412. The minimum absolute atomic E-state index is 0.00822. The van der Waals surface area contributed by atoms with Crippen molar-refractivity contribution in [1.29, 1.82) is 0 Å². The van der Waals surface area contributed by atoms with Gasteiger partial charge in [-0.25, -0.2) is 4.98 Å². The minimum atomic E-state index is 0.00822. The average molecular weight is 352 g/mol. The molecule has 0 atom stereocenters. The lowest BCUT2D eigenvalue weighted by atomic mass is 10.1. The molecule has 0 saturated carbocycles. The minimum Gasteiger partial charge on any atom is -0.310 e. The van der Waals surface area contributed by atoms with Gasteiger partial charge in [-0.3, -0.25) is 9.69 Å². The quantitative estimate of drug-likeness (QED) is 0.915. The van der Waals surface area contributed by atoms with E-state index in [9.17, 15) is 4.79 Å². The van der Waals surface area contributed by atoms with Crippen LogP contribution in [0.4, 0.5) is 0 Å². The average Bonchev–Trinajstić information content (AvgIpc) is 2.51. The van der Waals surface area contributed by atoms with Crippen molar-refractivity contribution in [2.24, 2.45) is 0 Å². The van der Waals surface area contributed by atoms with Crippen LogP contribution in [0.5, 0.6) is 0 Å². The summed E-state index contributed by atoms with van der Waals surface area (Å²) < 4.78 is 0. The molecule has 0 aliphatic carbocycles. The molecule has 3 rings (SSSR count). The van der Waals surface area contributed by atoms with E-state index >= 15 is 0 Å². The van der Waals surface area contributed by atoms with Crippen LogP contribution in [0.3, 0.4) is 0 Å². The second kappa shape index (κ2) is 7.04. The van der Waals surface area contributed by atoms with Gasteiger partial charge in [-0.15, -0.1) is 0 Å². The number of fused-ring (bicyclic) bond motifs is 1. The van der Waals surface area contributed by atoms with Gasteiger partial charge in [0.2, 0.25) is 0 Å². The maximum Gasteiger partial charge on any atom is 0.254 e. The van der Waals surface area contributed by atoms with E-state index in [1.54, 1.807) is 0 Å². The Labute approximate surface area is 145 Å². The van der Waals surface area contributed by atoms with E-state index in [2.05, 4.69) is 21.8 Å². The molecule has 0 fully saturated rings. The third-order valence-corrected chi connectivity index (χ3v) is 4.84. The lowest BCUT2D eigenvalue weighted by molar-refractivity contribution is 0.240. The summed E-state index contributed by atoms with van der Waals surface area (Å²) >= 11 is 12.5. The van der Waals surface area contributed by atoms with Gasteiger partial charge in [0.15, 0.2) is 0 Å². The molecule has 1 aliphatic heterocycles. The lowest BCUT2D eigenvalue weighted by Gasteiger charge is -2.28. The predicted molar refractivity (Wildman–Crippen MR) is 93.1 cm³/mol. The molecule has 0 radical (unpaired) electrons. The zero-order chi connectivity index (χ0) is 16.4. The Bertz CT molecular complexity index is 753. The number of aromatic amines is 1. The summed E-state index contributed by atoms with van der Waals surface area (Å²) in [5.41, 5.74) is 2.63. The van der Waals surface area contributed by atoms with Gasteiger partial charge in [0.1, 0.15) is 5.82 Å².